The van der Waals surface area contributed by atoms with E-state index in [9.17, 15) is 0 Å². The number of nitrogens with two attached hydrogens (primary N) is 2. The van der Waals surface area contributed by atoms with Crippen molar-refractivity contribution in [1.29, 1.82) is 0 Å². The van der Waals surface area contributed by atoms with Gasteiger partial charge in [0.15, 0.2) is 5.76 Å². The first-order valence-corrected chi connectivity index (χ1v) is 6.69. The molecule has 102 valence electrons. The number of furan rings is 1. The molecule has 2 heterocycles. The van der Waals surface area contributed by atoms with Gasteiger partial charge in [-0.25, -0.2) is 4.98 Å². The molecule has 0 aliphatic rings. The lowest BCUT2D eigenvalue weighted by molar-refractivity contribution is 0.580. The van der Waals surface area contributed by atoms with E-state index in [-0.39, 0.29) is 6.04 Å². The molecule has 0 amide bonds. The third kappa shape index (κ3) is 2.31. The molecule has 4 heteroatoms. The molecule has 0 radical (unpaired) electrons. The molecule has 1 aromatic carbocycles. The van der Waals surface area contributed by atoms with Crippen LogP contribution in [0.2, 0.25) is 0 Å². The van der Waals surface area contributed by atoms with Crippen LogP contribution >= 0.6 is 0 Å². The van der Waals surface area contributed by atoms with Gasteiger partial charge in [-0.3, -0.25) is 0 Å². The van der Waals surface area contributed by atoms with E-state index in [1.807, 2.05) is 42.5 Å². The fourth-order valence-electron chi connectivity index (χ4n) is 2.39. The normalized spacial score (nSPS) is 12.7. The Kier molecular flexibility index (Phi) is 3.50. The Morgan fingerprint density at radius 1 is 1.15 bits per heavy atom. The van der Waals surface area contributed by atoms with Gasteiger partial charge in [0.05, 0.1) is 11.8 Å². The summed E-state index contributed by atoms with van der Waals surface area (Å²) in [7, 11) is 0. The fourth-order valence-corrected chi connectivity index (χ4v) is 2.39. The quantitative estimate of drug-likeness (QED) is 0.762. The average molecular weight is 267 g/mol. The van der Waals surface area contributed by atoms with Gasteiger partial charge in [-0.15, -0.1) is 0 Å². The standard InChI is InChI=1S/C16H17N3O/c17-8-7-13(18)12-10-15(16-6-3-9-20-16)19-14-5-2-1-4-11(12)14/h1-6,9-10,13H,7-8,17-18H2. The van der Waals surface area contributed by atoms with E-state index in [0.29, 0.717) is 6.54 Å². The van der Waals surface area contributed by atoms with Gasteiger partial charge in [-0.1, -0.05) is 18.2 Å². The Morgan fingerprint density at radius 2 is 2.00 bits per heavy atom. The zero-order valence-electron chi connectivity index (χ0n) is 11.1. The highest BCUT2D eigenvalue weighted by Gasteiger charge is 2.13. The third-order valence-electron chi connectivity index (χ3n) is 3.40. The van der Waals surface area contributed by atoms with E-state index in [2.05, 4.69) is 4.98 Å². The predicted molar refractivity (Wildman–Crippen MR) is 80.0 cm³/mol. The molecule has 1 unspecified atom stereocenters. The van der Waals surface area contributed by atoms with Crippen LogP contribution in [0.25, 0.3) is 22.4 Å². The summed E-state index contributed by atoms with van der Waals surface area (Å²) < 4.78 is 5.44. The molecule has 0 aliphatic carbocycles. The fraction of sp³-hybridized carbons (Fsp3) is 0.188. The first kappa shape index (κ1) is 12.8. The van der Waals surface area contributed by atoms with Crippen molar-refractivity contribution in [3.8, 4) is 11.5 Å². The molecular formula is C16H17N3O. The van der Waals surface area contributed by atoms with Crippen molar-refractivity contribution in [1.82, 2.24) is 4.98 Å². The van der Waals surface area contributed by atoms with Crippen LogP contribution in [-0.2, 0) is 0 Å². The van der Waals surface area contributed by atoms with E-state index in [4.69, 9.17) is 15.9 Å². The molecule has 20 heavy (non-hydrogen) atoms. The maximum Gasteiger partial charge on any atom is 0.152 e. The van der Waals surface area contributed by atoms with Gasteiger partial charge in [-0.05, 0) is 42.8 Å². The molecule has 0 spiro atoms. The minimum absolute atomic E-state index is 0.0957. The molecule has 0 saturated heterocycles. The number of nitrogens with zero attached hydrogens (tertiary/aromatic N) is 1. The Balaban J connectivity index is 2.20. The van der Waals surface area contributed by atoms with Crippen molar-refractivity contribution >= 4 is 10.9 Å². The third-order valence-corrected chi connectivity index (χ3v) is 3.40. The highest BCUT2D eigenvalue weighted by atomic mass is 16.3. The van der Waals surface area contributed by atoms with Crippen molar-refractivity contribution in [3.05, 3.63) is 54.3 Å². The molecule has 3 rings (SSSR count). The Morgan fingerprint density at radius 3 is 2.75 bits per heavy atom. The van der Waals surface area contributed by atoms with E-state index >= 15 is 0 Å². The summed E-state index contributed by atoms with van der Waals surface area (Å²) in [6.07, 6.45) is 2.39. The molecule has 3 aromatic rings. The minimum atomic E-state index is -0.0957. The monoisotopic (exact) mass is 267 g/mol. The summed E-state index contributed by atoms with van der Waals surface area (Å²) >= 11 is 0. The van der Waals surface area contributed by atoms with Gasteiger partial charge < -0.3 is 15.9 Å². The second-order valence-corrected chi connectivity index (χ2v) is 4.78. The number of para-hydroxylation sites is 1. The number of hydrogen-bond donors (Lipinski definition) is 2. The summed E-state index contributed by atoms with van der Waals surface area (Å²) in [5.74, 6) is 0.747. The molecule has 0 fully saturated rings. The summed E-state index contributed by atoms with van der Waals surface area (Å²) in [5.41, 5.74) is 14.7. The lowest BCUT2D eigenvalue weighted by Gasteiger charge is -2.14. The second-order valence-electron chi connectivity index (χ2n) is 4.78. The van der Waals surface area contributed by atoms with Crippen LogP contribution < -0.4 is 11.5 Å². The zero-order valence-corrected chi connectivity index (χ0v) is 11.1. The molecular weight excluding hydrogens is 250 g/mol. The number of fused-ring (bicyclic) bond motifs is 1. The van der Waals surface area contributed by atoms with Gasteiger partial charge in [0.2, 0.25) is 0 Å². The maximum atomic E-state index is 6.26. The van der Waals surface area contributed by atoms with Crippen LogP contribution in [0.4, 0.5) is 0 Å². The highest BCUT2D eigenvalue weighted by molar-refractivity contribution is 5.85. The number of rotatable bonds is 4. The molecule has 2 aromatic heterocycles. The van der Waals surface area contributed by atoms with E-state index in [1.165, 1.54) is 0 Å². The first-order valence-electron chi connectivity index (χ1n) is 6.69. The van der Waals surface area contributed by atoms with E-state index in [1.54, 1.807) is 6.26 Å². The van der Waals surface area contributed by atoms with Crippen LogP contribution in [0.5, 0.6) is 0 Å². The molecule has 0 bridgehead atoms. The van der Waals surface area contributed by atoms with Crippen molar-refractivity contribution in [2.75, 3.05) is 6.54 Å². The summed E-state index contributed by atoms with van der Waals surface area (Å²) in [6.45, 7) is 0.563. The molecule has 1 atom stereocenters. The van der Waals surface area contributed by atoms with Crippen molar-refractivity contribution in [2.24, 2.45) is 11.5 Å². The summed E-state index contributed by atoms with van der Waals surface area (Å²) in [6, 6.07) is 13.7. The molecule has 0 aliphatic heterocycles. The van der Waals surface area contributed by atoms with Gasteiger partial charge >= 0.3 is 0 Å². The van der Waals surface area contributed by atoms with Gasteiger partial charge in [0.25, 0.3) is 0 Å². The number of aromatic nitrogens is 1. The lowest BCUT2D eigenvalue weighted by atomic mass is 9.98. The zero-order chi connectivity index (χ0) is 13.9. The largest absolute Gasteiger partial charge is 0.463 e. The number of hydrogen-bond acceptors (Lipinski definition) is 4. The molecule has 4 N–H and O–H groups in total. The van der Waals surface area contributed by atoms with Crippen LogP contribution in [0.1, 0.15) is 18.0 Å². The second kappa shape index (κ2) is 5.45. The Bertz CT molecular complexity index is 707. The topological polar surface area (TPSA) is 78.1 Å². The lowest BCUT2D eigenvalue weighted by Crippen LogP contribution is -2.16. The SMILES string of the molecule is NCCC(N)c1cc(-c2ccco2)nc2ccccc12. The van der Waals surface area contributed by atoms with Crippen molar-refractivity contribution in [2.45, 2.75) is 12.5 Å². The van der Waals surface area contributed by atoms with Crippen LogP contribution in [0.3, 0.4) is 0 Å². The Labute approximate surface area is 117 Å². The highest BCUT2D eigenvalue weighted by Crippen LogP contribution is 2.29. The average Bonchev–Trinajstić information content (AvgIpc) is 3.00. The minimum Gasteiger partial charge on any atom is -0.463 e. The van der Waals surface area contributed by atoms with E-state index in [0.717, 1.165) is 34.3 Å². The van der Waals surface area contributed by atoms with Crippen molar-refractivity contribution < 1.29 is 4.42 Å². The smallest absolute Gasteiger partial charge is 0.152 e. The maximum absolute atomic E-state index is 6.26. The predicted octanol–water partition coefficient (Wildman–Crippen LogP) is 2.84. The number of pyridine rings is 1. The Hall–Kier alpha value is -2.17. The first-order chi connectivity index (χ1) is 9.79. The van der Waals surface area contributed by atoms with Gasteiger partial charge in [-0.2, -0.15) is 0 Å². The van der Waals surface area contributed by atoms with E-state index < -0.39 is 0 Å². The number of benzene rings is 1. The van der Waals surface area contributed by atoms with Crippen LogP contribution in [-0.4, -0.2) is 11.5 Å². The van der Waals surface area contributed by atoms with Gasteiger partial charge in [0, 0.05) is 11.4 Å². The van der Waals surface area contributed by atoms with Crippen molar-refractivity contribution in [3.63, 3.8) is 0 Å². The van der Waals surface area contributed by atoms with Crippen LogP contribution in [0, 0.1) is 0 Å². The molecule has 4 nitrogen and oxygen atoms in total. The van der Waals surface area contributed by atoms with Gasteiger partial charge in [0.1, 0.15) is 5.69 Å². The summed E-state index contributed by atoms with van der Waals surface area (Å²) in [5, 5.41) is 1.07. The van der Waals surface area contributed by atoms with Crippen LogP contribution in [0.15, 0.2) is 53.1 Å². The molecule has 0 saturated carbocycles. The summed E-state index contributed by atoms with van der Waals surface area (Å²) in [4.78, 5) is 4.64.